The number of rotatable bonds is 6. The topological polar surface area (TPSA) is 40.5 Å². The molecule has 0 aliphatic carbocycles. The molecule has 0 radical (unpaired) electrons. The highest BCUT2D eigenvalue weighted by Crippen LogP contribution is 2.07. The number of pyridine rings is 1. The first kappa shape index (κ1) is 17.0. The molecule has 1 aromatic carbocycles. The zero-order valence-electron chi connectivity index (χ0n) is 14.3. The molecule has 0 spiro atoms. The van der Waals surface area contributed by atoms with Crippen LogP contribution in [-0.4, -0.2) is 36.5 Å². The van der Waals surface area contributed by atoms with Crippen LogP contribution in [0.1, 0.15) is 23.6 Å². The Bertz CT molecular complexity index is 605. The van der Waals surface area contributed by atoms with Gasteiger partial charge in [-0.25, -0.2) is 0 Å². The largest absolute Gasteiger partial charge is 0.356 e. The maximum absolute atomic E-state index is 4.36. The predicted octanol–water partition coefficient (Wildman–Crippen LogP) is 2.89. The van der Waals surface area contributed by atoms with Gasteiger partial charge in [-0.05, 0) is 35.6 Å². The maximum Gasteiger partial charge on any atom is 0.193 e. The van der Waals surface area contributed by atoms with E-state index in [-0.39, 0.29) is 0 Å². The van der Waals surface area contributed by atoms with Crippen molar-refractivity contribution in [1.29, 1.82) is 0 Å². The lowest BCUT2D eigenvalue weighted by atomic mass is 10.1. The Labute approximate surface area is 139 Å². The molecule has 0 amide bonds. The van der Waals surface area contributed by atoms with Crippen LogP contribution >= 0.6 is 0 Å². The minimum Gasteiger partial charge on any atom is -0.356 e. The lowest BCUT2D eigenvalue weighted by Gasteiger charge is -2.22. The summed E-state index contributed by atoms with van der Waals surface area (Å²) in [5.41, 5.74) is 3.89. The third-order valence-electron chi connectivity index (χ3n) is 3.84. The summed E-state index contributed by atoms with van der Waals surface area (Å²) in [6.07, 6.45) is 5.72. The number of nitrogens with zero attached hydrogens (tertiary/aromatic N) is 3. The summed E-state index contributed by atoms with van der Waals surface area (Å²) < 4.78 is 0. The first-order valence-corrected chi connectivity index (χ1v) is 8.11. The molecule has 0 saturated carbocycles. The lowest BCUT2D eigenvalue weighted by Crippen LogP contribution is -2.39. The molecule has 4 nitrogen and oxygen atoms in total. The van der Waals surface area contributed by atoms with E-state index in [1.165, 1.54) is 16.7 Å². The van der Waals surface area contributed by atoms with Crippen LogP contribution < -0.4 is 5.32 Å². The molecule has 0 unspecified atom stereocenters. The molecule has 0 aliphatic rings. The molecule has 23 heavy (non-hydrogen) atoms. The molecule has 0 fully saturated rings. The van der Waals surface area contributed by atoms with Crippen molar-refractivity contribution in [2.24, 2.45) is 4.99 Å². The number of nitrogens with one attached hydrogen (secondary N) is 1. The Morgan fingerprint density at radius 1 is 1.13 bits per heavy atom. The van der Waals surface area contributed by atoms with E-state index in [2.05, 4.69) is 64.5 Å². The Kier molecular flexibility index (Phi) is 6.60. The van der Waals surface area contributed by atoms with Crippen molar-refractivity contribution in [3.63, 3.8) is 0 Å². The molecule has 4 heteroatoms. The van der Waals surface area contributed by atoms with E-state index in [1.807, 2.05) is 19.3 Å². The SMILES string of the molecule is CCc1ccc(CN(C)C(=NC)NCCc2cccnc2)cc1. The van der Waals surface area contributed by atoms with Crippen LogP contribution in [0.3, 0.4) is 0 Å². The van der Waals surface area contributed by atoms with Crippen LogP contribution in [0.4, 0.5) is 0 Å². The number of hydrogen-bond donors (Lipinski definition) is 1. The Hall–Kier alpha value is -2.36. The van der Waals surface area contributed by atoms with Gasteiger partial charge in [-0.3, -0.25) is 9.98 Å². The fraction of sp³-hybridized carbons (Fsp3) is 0.368. The van der Waals surface area contributed by atoms with Gasteiger partial charge in [-0.15, -0.1) is 0 Å². The Morgan fingerprint density at radius 2 is 1.87 bits per heavy atom. The van der Waals surface area contributed by atoms with Gasteiger partial charge in [0.05, 0.1) is 0 Å². The number of benzene rings is 1. The second-order valence-electron chi connectivity index (χ2n) is 5.61. The normalized spacial score (nSPS) is 11.3. The van der Waals surface area contributed by atoms with E-state index in [0.29, 0.717) is 0 Å². The first-order chi connectivity index (χ1) is 11.2. The van der Waals surface area contributed by atoms with Crippen molar-refractivity contribution in [2.45, 2.75) is 26.3 Å². The lowest BCUT2D eigenvalue weighted by molar-refractivity contribution is 0.477. The fourth-order valence-corrected chi connectivity index (χ4v) is 2.48. The van der Waals surface area contributed by atoms with Crippen molar-refractivity contribution >= 4 is 5.96 Å². The van der Waals surface area contributed by atoms with E-state index in [1.54, 1.807) is 6.20 Å². The summed E-state index contributed by atoms with van der Waals surface area (Å²) in [5.74, 6) is 0.911. The van der Waals surface area contributed by atoms with Crippen molar-refractivity contribution in [3.8, 4) is 0 Å². The molecule has 0 atom stereocenters. The fourth-order valence-electron chi connectivity index (χ4n) is 2.48. The van der Waals surface area contributed by atoms with Gasteiger partial charge in [0.1, 0.15) is 0 Å². The summed E-state index contributed by atoms with van der Waals surface area (Å²) in [4.78, 5) is 10.6. The zero-order valence-corrected chi connectivity index (χ0v) is 14.3. The smallest absolute Gasteiger partial charge is 0.193 e. The van der Waals surface area contributed by atoms with Crippen LogP contribution in [0, 0.1) is 0 Å². The van der Waals surface area contributed by atoms with E-state index in [0.717, 1.165) is 31.9 Å². The van der Waals surface area contributed by atoms with E-state index >= 15 is 0 Å². The van der Waals surface area contributed by atoms with Crippen LogP contribution in [0.15, 0.2) is 53.8 Å². The summed E-state index contributed by atoms with van der Waals surface area (Å²) in [5, 5.41) is 3.41. The highest BCUT2D eigenvalue weighted by molar-refractivity contribution is 5.79. The van der Waals surface area contributed by atoms with Crippen LogP contribution in [0.5, 0.6) is 0 Å². The number of aromatic nitrogens is 1. The number of guanidine groups is 1. The third kappa shape index (κ3) is 5.40. The molecule has 2 rings (SSSR count). The van der Waals surface area contributed by atoms with Crippen molar-refractivity contribution < 1.29 is 0 Å². The second-order valence-corrected chi connectivity index (χ2v) is 5.61. The van der Waals surface area contributed by atoms with E-state index < -0.39 is 0 Å². The summed E-state index contributed by atoms with van der Waals surface area (Å²) in [6, 6.07) is 12.8. The maximum atomic E-state index is 4.36. The standard InChI is InChI=1S/C19H26N4/c1-4-16-7-9-18(10-8-16)15-23(3)19(20-2)22-13-11-17-6-5-12-21-14-17/h5-10,12,14H,4,11,13,15H2,1-3H3,(H,20,22). The molecule has 1 heterocycles. The second kappa shape index (κ2) is 8.93. The molecule has 0 aliphatic heterocycles. The van der Waals surface area contributed by atoms with Gasteiger partial charge in [0.25, 0.3) is 0 Å². The number of aryl methyl sites for hydroxylation is 1. The van der Waals surface area contributed by atoms with Crippen molar-refractivity contribution in [2.75, 3.05) is 20.6 Å². The third-order valence-corrected chi connectivity index (χ3v) is 3.84. The highest BCUT2D eigenvalue weighted by Gasteiger charge is 2.06. The first-order valence-electron chi connectivity index (χ1n) is 8.11. The Balaban J connectivity index is 1.84. The summed E-state index contributed by atoms with van der Waals surface area (Å²) >= 11 is 0. The monoisotopic (exact) mass is 310 g/mol. The summed E-state index contributed by atoms with van der Waals surface area (Å²) in [6.45, 7) is 3.86. The average molecular weight is 310 g/mol. The van der Waals surface area contributed by atoms with E-state index in [4.69, 9.17) is 0 Å². The van der Waals surface area contributed by atoms with Gasteiger partial charge in [-0.1, -0.05) is 37.3 Å². The Morgan fingerprint density at radius 3 is 2.48 bits per heavy atom. The molecular weight excluding hydrogens is 284 g/mol. The van der Waals surface area contributed by atoms with Crippen molar-refractivity contribution in [1.82, 2.24) is 15.2 Å². The van der Waals surface area contributed by atoms with Gasteiger partial charge in [0.15, 0.2) is 5.96 Å². The van der Waals surface area contributed by atoms with Gasteiger partial charge in [0.2, 0.25) is 0 Å². The van der Waals surface area contributed by atoms with Crippen LogP contribution in [-0.2, 0) is 19.4 Å². The minimum absolute atomic E-state index is 0.844. The quantitative estimate of drug-likeness (QED) is 0.659. The van der Waals surface area contributed by atoms with Crippen LogP contribution in [0.2, 0.25) is 0 Å². The van der Waals surface area contributed by atoms with Crippen LogP contribution in [0.25, 0.3) is 0 Å². The number of aliphatic imine (C=N–C) groups is 1. The zero-order chi connectivity index (χ0) is 16.5. The predicted molar refractivity (Wildman–Crippen MR) is 96.6 cm³/mol. The van der Waals surface area contributed by atoms with Crippen molar-refractivity contribution in [3.05, 3.63) is 65.5 Å². The van der Waals surface area contributed by atoms with Gasteiger partial charge in [-0.2, -0.15) is 0 Å². The van der Waals surface area contributed by atoms with Gasteiger partial charge in [0, 0.05) is 39.6 Å². The number of hydrogen-bond acceptors (Lipinski definition) is 2. The summed E-state index contributed by atoms with van der Waals surface area (Å²) in [7, 11) is 3.89. The molecule has 0 bridgehead atoms. The van der Waals surface area contributed by atoms with E-state index in [9.17, 15) is 0 Å². The molecule has 1 N–H and O–H groups in total. The highest BCUT2D eigenvalue weighted by atomic mass is 15.3. The molecule has 0 saturated heterocycles. The molecule has 1 aromatic heterocycles. The molecular formula is C19H26N4. The van der Waals surface area contributed by atoms with Gasteiger partial charge < -0.3 is 10.2 Å². The minimum atomic E-state index is 0.844. The molecule has 122 valence electrons. The van der Waals surface area contributed by atoms with Gasteiger partial charge >= 0.3 is 0 Å². The molecule has 2 aromatic rings. The average Bonchev–Trinajstić information content (AvgIpc) is 2.60.